The van der Waals surface area contributed by atoms with E-state index in [2.05, 4.69) is 5.32 Å². The number of furan rings is 1. The average Bonchev–Trinajstić information content (AvgIpc) is 3.18. The summed E-state index contributed by atoms with van der Waals surface area (Å²) >= 11 is 12.2. The third-order valence-corrected chi connectivity index (χ3v) is 5.01. The summed E-state index contributed by atoms with van der Waals surface area (Å²) in [7, 11) is 0. The predicted molar refractivity (Wildman–Crippen MR) is 103 cm³/mol. The summed E-state index contributed by atoms with van der Waals surface area (Å²) in [5.74, 6) is 0.165. The maximum Gasteiger partial charge on any atom is 0.266 e. The van der Waals surface area contributed by atoms with Gasteiger partial charge in [0, 0.05) is 29.8 Å². The lowest BCUT2D eigenvalue weighted by Crippen LogP contribution is -2.31. The van der Waals surface area contributed by atoms with Crippen molar-refractivity contribution in [1.82, 2.24) is 4.90 Å². The molecule has 0 aliphatic carbocycles. The van der Waals surface area contributed by atoms with Crippen LogP contribution in [0.3, 0.4) is 0 Å². The normalized spacial score (nSPS) is 15.9. The van der Waals surface area contributed by atoms with Gasteiger partial charge in [0.05, 0.1) is 11.2 Å². The number of carbonyl (C=O) groups is 2. The Bertz CT molecular complexity index is 832. The molecule has 1 saturated heterocycles. The maximum atomic E-state index is 12.4. The lowest BCUT2D eigenvalue weighted by atomic mass is 10.3. The van der Waals surface area contributed by atoms with E-state index in [-0.39, 0.29) is 24.8 Å². The second-order valence-corrected chi connectivity index (χ2v) is 7.27. The predicted octanol–water partition coefficient (Wildman–Crippen LogP) is 4.16. The standard InChI is InChI=1S/C17H13ClN2O3S2/c18-11-3-5-12(6-4-11)19-15(21)7-8-20-16(22)14(25-17(20)24)10-13-2-1-9-23-13/h1-6,9-10H,7-8H2,(H,19,21)/b14-10+. The number of hydrogen-bond donors (Lipinski definition) is 1. The van der Waals surface area contributed by atoms with E-state index in [0.717, 1.165) is 0 Å². The Balaban J connectivity index is 1.57. The van der Waals surface area contributed by atoms with Crippen molar-refractivity contribution in [2.24, 2.45) is 0 Å². The van der Waals surface area contributed by atoms with Gasteiger partial charge in [0.15, 0.2) is 0 Å². The fraction of sp³-hybridized carbons (Fsp3) is 0.118. The highest BCUT2D eigenvalue weighted by Crippen LogP contribution is 2.32. The van der Waals surface area contributed by atoms with Crippen LogP contribution >= 0.6 is 35.6 Å². The van der Waals surface area contributed by atoms with Crippen LogP contribution in [0.4, 0.5) is 5.69 Å². The van der Waals surface area contributed by atoms with Crippen LogP contribution in [-0.4, -0.2) is 27.6 Å². The zero-order valence-electron chi connectivity index (χ0n) is 12.9. The first-order valence-electron chi connectivity index (χ1n) is 7.37. The first-order chi connectivity index (χ1) is 12.0. The minimum atomic E-state index is -0.217. The monoisotopic (exact) mass is 392 g/mol. The summed E-state index contributed by atoms with van der Waals surface area (Å²) in [5.41, 5.74) is 0.650. The Morgan fingerprint density at radius 1 is 1.32 bits per heavy atom. The molecule has 25 heavy (non-hydrogen) atoms. The van der Waals surface area contributed by atoms with Gasteiger partial charge >= 0.3 is 0 Å². The van der Waals surface area contributed by atoms with Crippen LogP contribution in [-0.2, 0) is 9.59 Å². The van der Waals surface area contributed by atoms with Gasteiger partial charge < -0.3 is 9.73 Å². The molecule has 0 spiro atoms. The van der Waals surface area contributed by atoms with E-state index in [1.165, 1.54) is 22.9 Å². The number of amides is 2. The Kier molecular flexibility index (Phi) is 5.57. The molecule has 1 aromatic heterocycles. The molecule has 5 nitrogen and oxygen atoms in total. The zero-order valence-corrected chi connectivity index (χ0v) is 15.3. The number of benzene rings is 1. The van der Waals surface area contributed by atoms with Crippen molar-refractivity contribution in [2.45, 2.75) is 6.42 Å². The van der Waals surface area contributed by atoms with Gasteiger partial charge in [0.25, 0.3) is 5.91 Å². The van der Waals surface area contributed by atoms with Crippen molar-refractivity contribution in [2.75, 3.05) is 11.9 Å². The lowest BCUT2D eigenvalue weighted by Gasteiger charge is -2.14. The molecule has 0 bridgehead atoms. The maximum absolute atomic E-state index is 12.4. The second kappa shape index (κ2) is 7.86. The van der Waals surface area contributed by atoms with Crippen LogP contribution in [0, 0.1) is 0 Å². The minimum Gasteiger partial charge on any atom is -0.465 e. The number of rotatable bonds is 5. The van der Waals surface area contributed by atoms with Gasteiger partial charge in [-0.3, -0.25) is 14.5 Å². The van der Waals surface area contributed by atoms with Gasteiger partial charge in [0.1, 0.15) is 10.1 Å². The largest absolute Gasteiger partial charge is 0.465 e. The molecular weight excluding hydrogens is 380 g/mol. The molecule has 3 rings (SSSR count). The van der Waals surface area contributed by atoms with Crippen molar-refractivity contribution in [3.05, 3.63) is 58.3 Å². The van der Waals surface area contributed by atoms with E-state index in [0.29, 0.717) is 25.7 Å². The highest BCUT2D eigenvalue weighted by atomic mass is 35.5. The number of thiocarbonyl (C=S) groups is 1. The summed E-state index contributed by atoms with van der Waals surface area (Å²) in [4.78, 5) is 26.4. The first-order valence-corrected chi connectivity index (χ1v) is 8.97. The Hall–Kier alpha value is -2.09. The topological polar surface area (TPSA) is 62.6 Å². The number of thioether (sulfide) groups is 1. The molecule has 2 aromatic rings. The lowest BCUT2D eigenvalue weighted by molar-refractivity contribution is -0.122. The third kappa shape index (κ3) is 4.50. The summed E-state index contributed by atoms with van der Waals surface area (Å²) in [6.45, 7) is 0.222. The van der Waals surface area contributed by atoms with Crippen molar-refractivity contribution in [3.63, 3.8) is 0 Å². The summed E-state index contributed by atoms with van der Waals surface area (Å²) in [6.07, 6.45) is 3.32. The fourth-order valence-corrected chi connectivity index (χ4v) is 3.58. The van der Waals surface area contributed by atoms with Crippen molar-refractivity contribution in [3.8, 4) is 0 Å². The molecule has 1 N–H and O–H groups in total. The number of nitrogens with zero attached hydrogens (tertiary/aromatic N) is 1. The van der Waals surface area contributed by atoms with Crippen LogP contribution in [0.25, 0.3) is 6.08 Å². The molecule has 1 aliphatic rings. The third-order valence-electron chi connectivity index (χ3n) is 3.38. The second-order valence-electron chi connectivity index (χ2n) is 5.15. The number of halogens is 1. The quantitative estimate of drug-likeness (QED) is 0.611. The molecule has 2 amide bonds. The smallest absolute Gasteiger partial charge is 0.266 e. The van der Waals surface area contributed by atoms with E-state index in [9.17, 15) is 9.59 Å². The molecule has 0 saturated carbocycles. The van der Waals surface area contributed by atoms with E-state index < -0.39 is 0 Å². The fourth-order valence-electron chi connectivity index (χ4n) is 2.17. The number of nitrogens with one attached hydrogen (secondary N) is 1. The van der Waals surface area contributed by atoms with Crippen LogP contribution in [0.1, 0.15) is 12.2 Å². The van der Waals surface area contributed by atoms with Crippen LogP contribution < -0.4 is 5.32 Å². The Morgan fingerprint density at radius 2 is 2.08 bits per heavy atom. The van der Waals surface area contributed by atoms with E-state index in [1.807, 2.05) is 0 Å². The number of anilines is 1. The average molecular weight is 393 g/mol. The summed E-state index contributed by atoms with van der Waals surface area (Å²) in [6, 6.07) is 10.3. The van der Waals surface area contributed by atoms with E-state index in [1.54, 1.807) is 42.5 Å². The first kappa shape index (κ1) is 17.7. The van der Waals surface area contributed by atoms with Crippen LogP contribution in [0.5, 0.6) is 0 Å². The van der Waals surface area contributed by atoms with Crippen LogP contribution in [0.2, 0.25) is 5.02 Å². The SMILES string of the molecule is O=C(CCN1C(=O)/C(=C\c2ccco2)SC1=S)Nc1ccc(Cl)cc1. The van der Waals surface area contributed by atoms with Crippen molar-refractivity contribution in [1.29, 1.82) is 0 Å². The number of carbonyl (C=O) groups excluding carboxylic acids is 2. The van der Waals surface area contributed by atoms with Crippen molar-refractivity contribution < 1.29 is 14.0 Å². The summed E-state index contributed by atoms with van der Waals surface area (Å²) in [5, 5.41) is 3.35. The van der Waals surface area contributed by atoms with Gasteiger partial charge in [0.2, 0.25) is 5.91 Å². The van der Waals surface area contributed by atoms with Gasteiger partial charge in [-0.25, -0.2) is 0 Å². The van der Waals surface area contributed by atoms with Gasteiger partial charge in [-0.2, -0.15) is 0 Å². The molecule has 1 fully saturated rings. The molecule has 1 aromatic carbocycles. The highest BCUT2D eigenvalue weighted by Gasteiger charge is 2.32. The molecule has 1 aliphatic heterocycles. The molecule has 0 atom stereocenters. The highest BCUT2D eigenvalue weighted by molar-refractivity contribution is 8.26. The van der Waals surface area contributed by atoms with Gasteiger partial charge in [-0.1, -0.05) is 35.6 Å². The Labute approximate surface area is 159 Å². The van der Waals surface area contributed by atoms with E-state index in [4.69, 9.17) is 28.2 Å². The molecule has 128 valence electrons. The minimum absolute atomic E-state index is 0.142. The summed E-state index contributed by atoms with van der Waals surface area (Å²) < 4.78 is 5.64. The molecule has 2 heterocycles. The Morgan fingerprint density at radius 3 is 2.76 bits per heavy atom. The van der Waals surface area contributed by atoms with Gasteiger partial charge in [-0.15, -0.1) is 0 Å². The van der Waals surface area contributed by atoms with Crippen molar-refractivity contribution >= 4 is 63.5 Å². The molecule has 8 heteroatoms. The molecule has 0 unspecified atom stereocenters. The zero-order chi connectivity index (χ0) is 17.8. The number of hydrogen-bond acceptors (Lipinski definition) is 5. The van der Waals surface area contributed by atoms with Gasteiger partial charge in [-0.05, 0) is 36.4 Å². The molecular formula is C17H13ClN2O3S2. The molecule has 0 radical (unpaired) electrons. The van der Waals surface area contributed by atoms with Crippen LogP contribution in [0.15, 0.2) is 52.0 Å². The van der Waals surface area contributed by atoms with E-state index >= 15 is 0 Å².